The molecule has 3 rings (SSSR count). The van der Waals surface area contributed by atoms with Gasteiger partial charge in [0.05, 0.1) is 19.3 Å². The fourth-order valence-corrected chi connectivity index (χ4v) is 2.92. The molecule has 2 aromatic carbocycles. The molecule has 1 unspecified atom stereocenters. The summed E-state index contributed by atoms with van der Waals surface area (Å²) in [5.41, 5.74) is 1.15. The van der Waals surface area contributed by atoms with Gasteiger partial charge in [-0.1, -0.05) is 23.7 Å². The molecule has 0 saturated heterocycles. The molecule has 1 N–H and O–H groups in total. The quantitative estimate of drug-likeness (QED) is 0.849. The van der Waals surface area contributed by atoms with E-state index < -0.39 is 12.1 Å². The second-order valence-electron chi connectivity index (χ2n) is 5.64. The van der Waals surface area contributed by atoms with Crippen molar-refractivity contribution >= 4 is 41.6 Å². The lowest BCUT2D eigenvalue weighted by molar-refractivity contribution is -0.125. The van der Waals surface area contributed by atoms with Crippen LogP contribution in [-0.2, 0) is 11.3 Å². The van der Waals surface area contributed by atoms with Crippen molar-refractivity contribution in [2.75, 3.05) is 12.0 Å². The summed E-state index contributed by atoms with van der Waals surface area (Å²) in [6, 6.07) is 10.1. The number of rotatable bonds is 4. The summed E-state index contributed by atoms with van der Waals surface area (Å²) in [7, 11) is 1.58. The normalized spacial score (nSPS) is 15.6. The van der Waals surface area contributed by atoms with Crippen molar-refractivity contribution in [1.82, 2.24) is 0 Å². The van der Waals surface area contributed by atoms with Crippen LogP contribution in [0.15, 0.2) is 36.4 Å². The van der Waals surface area contributed by atoms with Crippen LogP contribution in [0.25, 0.3) is 0 Å². The van der Waals surface area contributed by atoms with Gasteiger partial charge in [0.1, 0.15) is 11.3 Å². The second-order valence-corrected chi connectivity index (χ2v) is 6.08. The Kier molecular flexibility index (Phi) is 6.00. The SMILES string of the molecule is COc1ccc(CN2C(=O)C(C)Oc3c(C(=O)O)cc(Cl)cc32)cc1.Cl. The van der Waals surface area contributed by atoms with Crippen LogP contribution in [0.3, 0.4) is 0 Å². The molecular formula is C18H17Cl2NO5. The van der Waals surface area contributed by atoms with Gasteiger partial charge in [0.2, 0.25) is 0 Å². The Labute approximate surface area is 161 Å². The number of nitrogens with zero attached hydrogens (tertiary/aromatic N) is 1. The summed E-state index contributed by atoms with van der Waals surface area (Å²) in [6.07, 6.45) is -0.787. The number of aromatic carboxylic acids is 1. The van der Waals surface area contributed by atoms with E-state index in [1.165, 1.54) is 17.0 Å². The molecule has 26 heavy (non-hydrogen) atoms. The molecule has 1 aliphatic rings. The lowest BCUT2D eigenvalue weighted by atomic mass is 10.1. The first-order chi connectivity index (χ1) is 11.9. The number of carboxylic acids is 1. The maximum Gasteiger partial charge on any atom is 0.339 e. The molecule has 0 aromatic heterocycles. The van der Waals surface area contributed by atoms with Crippen molar-refractivity contribution in [1.29, 1.82) is 0 Å². The fourth-order valence-electron chi connectivity index (χ4n) is 2.70. The van der Waals surface area contributed by atoms with E-state index in [9.17, 15) is 14.7 Å². The molecule has 6 nitrogen and oxygen atoms in total. The molecule has 0 spiro atoms. The molecule has 0 bridgehead atoms. The zero-order valence-corrected chi connectivity index (χ0v) is 15.6. The maximum absolute atomic E-state index is 12.6. The van der Waals surface area contributed by atoms with Crippen LogP contribution in [0.1, 0.15) is 22.8 Å². The van der Waals surface area contributed by atoms with Gasteiger partial charge in [0, 0.05) is 5.02 Å². The molecule has 8 heteroatoms. The van der Waals surface area contributed by atoms with E-state index in [0.29, 0.717) is 11.4 Å². The number of halogens is 2. The van der Waals surface area contributed by atoms with Gasteiger partial charge in [-0.15, -0.1) is 12.4 Å². The highest BCUT2D eigenvalue weighted by Gasteiger charge is 2.34. The Morgan fingerprint density at radius 1 is 1.31 bits per heavy atom. The van der Waals surface area contributed by atoms with E-state index in [2.05, 4.69) is 0 Å². The van der Waals surface area contributed by atoms with Gasteiger partial charge in [-0.25, -0.2) is 4.79 Å². The van der Waals surface area contributed by atoms with Gasteiger partial charge >= 0.3 is 5.97 Å². The number of carbonyl (C=O) groups is 2. The summed E-state index contributed by atoms with van der Waals surface area (Å²) >= 11 is 6.04. The van der Waals surface area contributed by atoms with Crippen molar-refractivity contribution in [2.45, 2.75) is 19.6 Å². The Bertz CT molecular complexity index is 838. The van der Waals surface area contributed by atoms with Gasteiger partial charge in [-0.2, -0.15) is 0 Å². The first-order valence-electron chi connectivity index (χ1n) is 7.58. The van der Waals surface area contributed by atoms with Crippen LogP contribution < -0.4 is 14.4 Å². The highest BCUT2D eigenvalue weighted by molar-refractivity contribution is 6.31. The van der Waals surface area contributed by atoms with E-state index in [0.717, 1.165) is 5.56 Å². The third-order valence-corrected chi connectivity index (χ3v) is 4.18. The predicted molar refractivity (Wildman–Crippen MR) is 99.9 cm³/mol. The zero-order chi connectivity index (χ0) is 18.1. The smallest absolute Gasteiger partial charge is 0.339 e. The number of anilines is 1. The molecule has 1 amide bonds. The molecule has 1 atom stereocenters. The molecule has 1 heterocycles. The van der Waals surface area contributed by atoms with Crippen molar-refractivity contribution in [3.8, 4) is 11.5 Å². The number of amides is 1. The predicted octanol–water partition coefficient (Wildman–Crippen LogP) is 3.78. The Balaban J connectivity index is 0.00000243. The standard InChI is InChI=1S/C18H16ClNO5.ClH/c1-10-17(21)20(9-11-3-5-13(24-2)6-4-11)15-8-12(19)7-14(18(22)23)16(15)25-10;/h3-8,10H,9H2,1-2H3,(H,22,23);1H. The molecule has 0 fully saturated rings. The van der Waals surface area contributed by atoms with E-state index in [4.69, 9.17) is 21.1 Å². The van der Waals surface area contributed by atoms with Crippen LogP contribution in [-0.4, -0.2) is 30.2 Å². The number of ether oxygens (including phenoxy) is 2. The monoisotopic (exact) mass is 397 g/mol. The number of methoxy groups -OCH3 is 1. The van der Waals surface area contributed by atoms with Gasteiger partial charge in [0.25, 0.3) is 5.91 Å². The van der Waals surface area contributed by atoms with Crippen LogP contribution in [0.4, 0.5) is 5.69 Å². The number of fused-ring (bicyclic) bond motifs is 1. The summed E-state index contributed by atoms with van der Waals surface area (Å²) in [5.74, 6) is -0.564. The molecule has 1 aliphatic heterocycles. The minimum absolute atomic E-state index is 0. The van der Waals surface area contributed by atoms with Crippen molar-refractivity contribution in [3.05, 3.63) is 52.5 Å². The minimum Gasteiger partial charge on any atom is -0.497 e. The van der Waals surface area contributed by atoms with Crippen molar-refractivity contribution in [3.63, 3.8) is 0 Å². The average Bonchev–Trinajstić information content (AvgIpc) is 2.59. The molecule has 0 saturated carbocycles. The molecule has 2 aromatic rings. The van der Waals surface area contributed by atoms with Gasteiger partial charge < -0.3 is 19.5 Å². The topological polar surface area (TPSA) is 76.1 Å². The highest BCUT2D eigenvalue weighted by Crippen LogP contribution is 2.40. The number of carbonyl (C=O) groups excluding carboxylic acids is 1. The third kappa shape index (κ3) is 3.71. The van der Waals surface area contributed by atoms with E-state index in [1.807, 2.05) is 12.1 Å². The third-order valence-electron chi connectivity index (χ3n) is 3.96. The largest absolute Gasteiger partial charge is 0.497 e. The summed E-state index contributed by atoms with van der Waals surface area (Å²) < 4.78 is 10.7. The van der Waals surface area contributed by atoms with E-state index in [1.54, 1.807) is 26.2 Å². The average molecular weight is 398 g/mol. The van der Waals surface area contributed by atoms with Crippen LogP contribution in [0.2, 0.25) is 5.02 Å². The number of hydrogen-bond acceptors (Lipinski definition) is 4. The number of benzene rings is 2. The van der Waals surface area contributed by atoms with Gasteiger partial charge in [-0.3, -0.25) is 4.79 Å². The van der Waals surface area contributed by atoms with E-state index in [-0.39, 0.29) is 41.2 Å². The first-order valence-corrected chi connectivity index (χ1v) is 7.96. The van der Waals surface area contributed by atoms with Crippen LogP contribution in [0.5, 0.6) is 11.5 Å². The second kappa shape index (κ2) is 7.85. The zero-order valence-electron chi connectivity index (χ0n) is 14.1. The van der Waals surface area contributed by atoms with Gasteiger partial charge in [-0.05, 0) is 36.8 Å². The molecule has 138 valence electrons. The lowest BCUT2D eigenvalue weighted by Gasteiger charge is -2.34. The minimum atomic E-state index is -1.16. The first kappa shape index (κ1) is 19.9. The molecule has 0 aliphatic carbocycles. The number of hydrogen-bond donors (Lipinski definition) is 1. The maximum atomic E-state index is 12.6. The highest BCUT2D eigenvalue weighted by atomic mass is 35.5. The summed E-state index contributed by atoms with van der Waals surface area (Å²) in [5, 5.41) is 9.62. The number of carboxylic acid groups (broad SMARTS) is 1. The molecular weight excluding hydrogens is 381 g/mol. The fraction of sp³-hybridized carbons (Fsp3) is 0.222. The van der Waals surface area contributed by atoms with Crippen LogP contribution in [0, 0.1) is 0 Å². The van der Waals surface area contributed by atoms with E-state index >= 15 is 0 Å². The van der Waals surface area contributed by atoms with Crippen molar-refractivity contribution < 1.29 is 24.2 Å². The van der Waals surface area contributed by atoms with Crippen LogP contribution >= 0.6 is 24.0 Å². The Morgan fingerprint density at radius 2 is 1.96 bits per heavy atom. The summed E-state index contributed by atoms with van der Waals surface area (Å²) in [6.45, 7) is 1.86. The summed E-state index contributed by atoms with van der Waals surface area (Å²) in [4.78, 5) is 25.6. The Hall–Kier alpha value is -2.44. The lowest BCUT2D eigenvalue weighted by Crippen LogP contribution is -2.44. The Morgan fingerprint density at radius 3 is 2.54 bits per heavy atom. The van der Waals surface area contributed by atoms with Gasteiger partial charge in [0.15, 0.2) is 11.9 Å². The molecule has 0 radical (unpaired) electrons. The van der Waals surface area contributed by atoms with Crippen molar-refractivity contribution in [2.24, 2.45) is 0 Å².